The highest BCUT2D eigenvalue weighted by Crippen LogP contribution is 2.30. The summed E-state index contributed by atoms with van der Waals surface area (Å²) in [5.74, 6) is 0.0514. The van der Waals surface area contributed by atoms with Gasteiger partial charge in [-0.25, -0.2) is 0 Å². The van der Waals surface area contributed by atoms with E-state index >= 15 is 0 Å². The van der Waals surface area contributed by atoms with Crippen molar-refractivity contribution in [2.24, 2.45) is 10.8 Å². The SMILES string of the molecule is COc1ccc(C)cc1C(C)(NCCN=[N+]=[N-])C(N)=O. The van der Waals surface area contributed by atoms with Gasteiger partial charge in [0.25, 0.3) is 0 Å². The summed E-state index contributed by atoms with van der Waals surface area (Å²) >= 11 is 0. The molecule has 1 rings (SSSR count). The van der Waals surface area contributed by atoms with Crippen molar-refractivity contribution in [2.75, 3.05) is 20.2 Å². The summed E-state index contributed by atoms with van der Waals surface area (Å²) in [6.07, 6.45) is 0. The minimum atomic E-state index is -1.09. The molecule has 108 valence electrons. The molecule has 0 saturated carbocycles. The number of amides is 1. The van der Waals surface area contributed by atoms with Crippen LogP contribution in [-0.2, 0) is 10.3 Å². The highest BCUT2D eigenvalue weighted by atomic mass is 16.5. The number of nitrogens with one attached hydrogen (secondary N) is 1. The standard InChI is InChI=1S/C13H19N5O2/c1-9-4-5-11(20-3)10(8-9)13(2,12(14)19)16-6-7-17-18-15/h4-5,8,16H,6-7H2,1-3H3,(H2,14,19). The molecule has 7 heteroatoms. The summed E-state index contributed by atoms with van der Waals surface area (Å²) in [6.45, 7) is 4.17. The average molecular weight is 277 g/mol. The number of primary amides is 1. The van der Waals surface area contributed by atoms with Gasteiger partial charge in [-0.2, -0.15) is 0 Å². The zero-order chi connectivity index (χ0) is 15.2. The summed E-state index contributed by atoms with van der Waals surface area (Å²) in [5.41, 5.74) is 14.3. The number of hydrogen-bond acceptors (Lipinski definition) is 4. The van der Waals surface area contributed by atoms with Crippen LogP contribution in [0.1, 0.15) is 18.1 Å². The minimum Gasteiger partial charge on any atom is -0.496 e. The van der Waals surface area contributed by atoms with E-state index in [1.165, 1.54) is 7.11 Å². The number of carbonyl (C=O) groups is 1. The van der Waals surface area contributed by atoms with Crippen LogP contribution in [0.3, 0.4) is 0 Å². The van der Waals surface area contributed by atoms with Gasteiger partial charge >= 0.3 is 0 Å². The predicted octanol–water partition coefficient (Wildman–Crippen LogP) is 1.60. The van der Waals surface area contributed by atoms with Gasteiger partial charge in [0.1, 0.15) is 11.3 Å². The van der Waals surface area contributed by atoms with Crippen molar-refractivity contribution in [1.82, 2.24) is 5.32 Å². The van der Waals surface area contributed by atoms with Gasteiger partial charge in [0.15, 0.2) is 0 Å². The molecule has 1 amide bonds. The largest absolute Gasteiger partial charge is 0.496 e. The first-order chi connectivity index (χ1) is 9.45. The number of azide groups is 1. The fourth-order valence-electron chi connectivity index (χ4n) is 1.93. The van der Waals surface area contributed by atoms with Crippen LogP contribution in [0, 0.1) is 6.92 Å². The highest BCUT2D eigenvalue weighted by Gasteiger charge is 2.35. The van der Waals surface area contributed by atoms with E-state index in [0.717, 1.165) is 5.56 Å². The lowest BCUT2D eigenvalue weighted by molar-refractivity contribution is -0.124. The molecule has 0 aromatic heterocycles. The lowest BCUT2D eigenvalue weighted by Gasteiger charge is -2.29. The van der Waals surface area contributed by atoms with E-state index in [-0.39, 0.29) is 6.54 Å². The Morgan fingerprint density at radius 2 is 2.30 bits per heavy atom. The van der Waals surface area contributed by atoms with Gasteiger partial charge in [0.05, 0.1) is 7.11 Å². The van der Waals surface area contributed by atoms with Gasteiger partial charge < -0.3 is 10.5 Å². The Hall–Kier alpha value is -2.24. The molecular formula is C13H19N5O2. The Morgan fingerprint density at radius 1 is 1.60 bits per heavy atom. The van der Waals surface area contributed by atoms with E-state index in [2.05, 4.69) is 15.3 Å². The highest BCUT2D eigenvalue weighted by molar-refractivity contribution is 5.86. The molecule has 1 unspecified atom stereocenters. The number of hydrogen-bond donors (Lipinski definition) is 2. The van der Waals surface area contributed by atoms with Crippen LogP contribution < -0.4 is 15.8 Å². The van der Waals surface area contributed by atoms with Crippen LogP contribution >= 0.6 is 0 Å². The molecule has 1 aromatic rings. The van der Waals surface area contributed by atoms with Crippen molar-refractivity contribution in [3.63, 3.8) is 0 Å². The topological polar surface area (TPSA) is 113 Å². The third-order valence-corrected chi connectivity index (χ3v) is 3.14. The van der Waals surface area contributed by atoms with Gasteiger partial charge in [0.2, 0.25) is 5.91 Å². The molecule has 1 atom stereocenters. The average Bonchev–Trinajstić information content (AvgIpc) is 2.43. The van der Waals surface area contributed by atoms with Crippen LogP contribution in [0.25, 0.3) is 10.4 Å². The number of nitrogens with two attached hydrogens (primary N) is 1. The van der Waals surface area contributed by atoms with E-state index in [0.29, 0.717) is 17.9 Å². The fourth-order valence-corrected chi connectivity index (χ4v) is 1.93. The molecule has 0 aliphatic rings. The van der Waals surface area contributed by atoms with Crippen molar-refractivity contribution in [1.29, 1.82) is 0 Å². The Balaban J connectivity index is 3.14. The Labute approximate surface area is 117 Å². The Kier molecular flexibility index (Phi) is 5.37. The molecule has 0 aliphatic carbocycles. The van der Waals surface area contributed by atoms with E-state index in [1.807, 2.05) is 19.1 Å². The maximum Gasteiger partial charge on any atom is 0.242 e. The van der Waals surface area contributed by atoms with Gasteiger partial charge in [-0.15, -0.1) is 0 Å². The summed E-state index contributed by atoms with van der Waals surface area (Å²) in [5, 5.41) is 6.45. The molecule has 0 heterocycles. The summed E-state index contributed by atoms with van der Waals surface area (Å²) < 4.78 is 5.29. The van der Waals surface area contributed by atoms with Crippen molar-refractivity contribution in [3.8, 4) is 5.75 Å². The first kappa shape index (κ1) is 15.8. The molecule has 0 radical (unpaired) electrons. The molecular weight excluding hydrogens is 258 g/mol. The number of carbonyl (C=O) groups excluding carboxylic acids is 1. The third-order valence-electron chi connectivity index (χ3n) is 3.14. The first-order valence-electron chi connectivity index (χ1n) is 6.16. The molecule has 0 spiro atoms. The zero-order valence-corrected chi connectivity index (χ0v) is 11.9. The predicted molar refractivity (Wildman–Crippen MR) is 76.3 cm³/mol. The molecule has 1 aromatic carbocycles. The molecule has 3 N–H and O–H groups in total. The maximum atomic E-state index is 11.9. The second-order valence-corrected chi connectivity index (χ2v) is 4.57. The Morgan fingerprint density at radius 3 is 2.85 bits per heavy atom. The number of aryl methyl sites for hydroxylation is 1. The third kappa shape index (κ3) is 3.40. The van der Waals surface area contributed by atoms with Crippen molar-refractivity contribution < 1.29 is 9.53 Å². The summed E-state index contributed by atoms with van der Waals surface area (Å²) in [7, 11) is 1.54. The van der Waals surface area contributed by atoms with Crippen molar-refractivity contribution >= 4 is 5.91 Å². The lowest BCUT2D eigenvalue weighted by atomic mass is 9.89. The zero-order valence-electron chi connectivity index (χ0n) is 11.9. The van der Waals surface area contributed by atoms with E-state index in [1.54, 1.807) is 13.0 Å². The molecule has 0 fully saturated rings. The second-order valence-electron chi connectivity index (χ2n) is 4.57. The normalized spacial score (nSPS) is 13.2. The number of benzene rings is 1. The lowest BCUT2D eigenvalue weighted by Crippen LogP contribution is -2.51. The van der Waals surface area contributed by atoms with Crippen LogP contribution in [0.15, 0.2) is 23.3 Å². The van der Waals surface area contributed by atoms with E-state index in [4.69, 9.17) is 16.0 Å². The van der Waals surface area contributed by atoms with Gasteiger partial charge in [0, 0.05) is 23.6 Å². The summed E-state index contributed by atoms with van der Waals surface area (Å²) in [4.78, 5) is 14.5. The maximum absolute atomic E-state index is 11.9. The van der Waals surface area contributed by atoms with Crippen LogP contribution in [-0.4, -0.2) is 26.1 Å². The fraction of sp³-hybridized carbons (Fsp3) is 0.462. The van der Waals surface area contributed by atoms with Crippen LogP contribution in [0.2, 0.25) is 0 Å². The van der Waals surface area contributed by atoms with E-state index < -0.39 is 11.4 Å². The number of nitrogens with zero attached hydrogens (tertiary/aromatic N) is 3. The quantitative estimate of drug-likeness (QED) is 0.341. The minimum absolute atomic E-state index is 0.230. The van der Waals surface area contributed by atoms with Gasteiger partial charge in [-0.1, -0.05) is 16.7 Å². The number of rotatable bonds is 7. The smallest absolute Gasteiger partial charge is 0.242 e. The molecule has 7 nitrogen and oxygen atoms in total. The van der Waals surface area contributed by atoms with Crippen LogP contribution in [0.5, 0.6) is 5.75 Å². The van der Waals surface area contributed by atoms with Crippen molar-refractivity contribution in [2.45, 2.75) is 19.4 Å². The van der Waals surface area contributed by atoms with Gasteiger partial charge in [-0.05, 0) is 31.5 Å². The van der Waals surface area contributed by atoms with Crippen LogP contribution in [0.4, 0.5) is 0 Å². The van der Waals surface area contributed by atoms with Gasteiger partial charge in [-0.3, -0.25) is 10.1 Å². The number of methoxy groups -OCH3 is 1. The molecule has 0 aliphatic heterocycles. The Bertz CT molecular complexity index is 540. The molecule has 0 saturated heterocycles. The van der Waals surface area contributed by atoms with E-state index in [9.17, 15) is 4.79 Å². The van der Waals surface area contributed by atoms with Crippen molar-refractivity contribution in [3.05, 3.63) is 39.8 Å². The molecule has 20 heavy (non-hydrogen) atoms. The number of ether oxygens (including phenoxy) is 1. The summed E-state index contributed by atoms with van der Waals surface area (Å²) in [6, 6.07) is 5.54. The second kappa shape index (κ2) is 6.79. The molecule has 0 bridgehead atoms. The monoisotopic (exact) mass is 277 g/mol. The first-order valence-corrected chi connectivity index (χ1v) is 6.16.